The zero-order valence-corrected chi connectivity index (χ0v) is 13.2. The van der Waals surface area contributed by atoms with Gasteiger partial charge in [0.1, 0.15) is 5.82 Å². The van der Waals surface area contributed by atoms with Crippen molar-refractivity contribution in [2.24, 2.45) is 0 Å². The van der Waals surface area contributed by atoms with Crippen LogP contribution in [-0.2, 0) is 0 Å². The third-order valence-corrected chi connectivity index (χ3v) is 4.54. The Kier molecular flexibility index (Phi) is 3.79. The summed E-state index contributed by atoms with van der Waals surface area (Å²) in [7, 11) is 0. The molecular formula is C18H21N3O2. The first kappa shape index (κ1) is 14.3. The van der Waals surface area contributed by atoms with E-state index in [1.807, 2.05) is 24.4 Å². The lowest BCUT2D eigenvalue weighted by Crippen LogP contribution is -2.34. The standard InChI is InChI=1S/C18H21N3O2/c1-13(14-5-6-16-17(10-14)23-12-22-16)20-15-7-9-21(11-15)18-4-2-3-8-19-18/h2-6,8,10,13,15,20H,7,9,11-12H2,1H3/t13-,15-/m1/s1. The van der Waals surface area contributed by atoms with E-state index in [9.17, 15) is 0 Å². The van der Waals surface area contributed by atoms with Gasteiger partial charge in [-0.2, -0.15) is 0 Å². The zero-order chi connectivity index (χ0) is 15.6. The van der Waals surface area contributed by atoms with E-state index in [4.69, 9.17) is 9.47 Å². The van der Waals surface area contributed by atoms with Crippen molar-refractivity contribution >= 4 is 5.82 Å². The Morgan fingerprint density at radius 2 is 2.13 bits per heavy atom. The van der Waals surface area contributed by atoms with E-state index < -0.39 is 0 Å². The van der Waals surface area contributed by atoms with E-state index in [-0.39, 0.29) is 6.04 Å². The molecule has 1 saturated heterocycles. The maximum atomic E-state index is 5.47. The lowest BCUT2D eigenvalue weighted by Gasteiger charge is -2.21. The molecule has 0 saturated carbocycles. The Labute approximate surface area is 136 Å². The molecule has 0 amide bonds. The van der Waals surface area contributed by atoms with Crippen molar-refractivity contribution < 1.29 is 9.47 Å². The molecular weight excluding hydrogens is 290 g/mol. The van der Waals surface area contributed by atoms with Crippen LogP contribution in [0.3, 0.4) is 0 Å². The van der Waals surface area contributed by atoms with Crippen molar-refractivity contribution in [3.05, 3.63) is 48.2 Å². The molecule has 0 aliphatic carbocycles. The number of fused-ring (bicyclic) bond motifs is 1. The van der Waals surface area contributed by atoms with E-state index >= 15 is 0 Å². The van der Waals surface area contributed by atoms with E-state index in [1.54, 1.807) is 0 Å². The highest BCUT2D eigenvalue weighted by atomic mass is 16.7. The van der Waals surface area contributed by atoms with Crippen LogP contribution in [0.15, 0.2) is 42.6 Å². The molecule has 3 heterocycles. The number of nitrogens with one attached hydrogen (secondary N) is 1. The minimum atomic E-state index is 0.276. The molecule has 2 aromatic rings. The molecule has 2 aliphatic heterocycles. The number of aromatic nitrogens is 1. The van der Waals surface area contributed by atoms with Crippen molar-refractivity contribution in [1.29, 1.82) is 0 Å². The second kappa shape index (κ2) is 6.08. The van der Waals surface area contributed by atoms with Gasteiger partial charge in [-0.05, 0) is 43.2 Å². The van der Waals surface area contributed by atoms with Gasteiger partial charge in [0.25, 0.3) is 0 Å². The van der Waals surface area contributed by atoms with E-state index in [0.717, 1.165) is 36.8 Å². The topological polar surface area (TPSA) is 46.6 Å². The fourth-order valence-electron chi connectivity index (χ4n) is 3.28. The van der Waals surface area contributed by atoms with Crippen molar-refractivity contribution in [3.8, 4) is 11.5 Å². The summed E-state index contributed by atoms with van der Waals surface area (Å²) in [5.41, 5.74) is 1.23. The first-order valence-corrected chi connectivity index (χ1v) is 8.11. The molecule has 2 aliphatic rings. The Morgan fingerprint density at radius 1 is 1.22 bits per heavy atom. The van der Waals surface area contributed by atoms with E-state index in [1.165, 1.54) is 5.56 Å². The van der Waals surface area contributed by atoms with Gasteiger partial charge in [-0.3, -0.25) is 0 Å². The summed E-state index contributed by atoms with van der Waals surface area (Å²) in [4.78, 5) is 6.78. The average Bonchev–Trinajstić information content (AvgIpc) is 3.24. The van der Waals surface area contributed by atoms with Gasteiger partial charge < -0.3 is 19.7 Å². The van der Waals surface area contributed by atoms with Crippen LogP contribution < -0.4 is 19.7 Å². The summed E-state index contributed by atoms with van der Waals surface area (Å²) < 4.78 is 10.8. The first-order chi connectivity index (χ1) is 11.3. The van der Waals surface area contributed by atoms with Gasteiger partial charge in [-0.15, -0.1) is 0 Å². The van der Waals surface area contributed by atoms with Gasteiger partial charge in [-0.25, -0.2) is 4.98 Å². The lowest BCUT2D eigenvalue weighted by atomic mass is 10.1. The molecule has 1 fully saturated rings. The van der Waals surface area contributed by atoms with Gasteiger partial charge in [0, 0.05) is 31.4 Å². The fourth-order valence-corrected chi connectivity index (χ4v) is 3.28. The number of hydrogen-bond donors (Lipinski definition) is 1. The van der Waals surface area contributed by atoms with Gasteiger partial charge in [0.05, 0.1) is 0 Å². The molecule has 0 spiro atoms. The smallest absolute Gasteiger partial charge is 0.231 e. The minimum Gasteiger partial charge on any atom is -0.454 e. The summed E-state index contributed by atoms with van der Waals surface area (Å²) in [6.45, 7) is 4.55. The molecule has 1 N–H and O–H groups in total. The van der Waals surface area contributed by atoms with Crippen LogP contribution in [0.25, 0.3) is 0 Å². The zero-order valence-electron chi connectivity index (χ0n) is 13.2. The van der Waals surface area contributed by atoms with E-state index in [0.29, 0.717) is 12.8 Å². The monoisotopic (exact) mass is 311 g/mol. The summed E-state index contributed by atoms with van der Waals surface area (Å²) >= 11 is 0. The second-order valence-electron chi connectivity index (χ2n) is 6.12. The highest BCUT2D eigenvalue weighted by Crippen LogP contribution is 2.34. The summed E-state index contributed by atoms with van der Waals surface area (Å²) in [6, 6.07) is 13.0. The molecule has 0 radical (unpaired) electrons. The van der Waals surface area contributed by atoms with Crippen molar-refractivity contribution in [2.75, 3.05) is 24.8 Å². The molecule has 4 rings (SSSR count). The summed E-state index contributed by atoms with van der Waals surface area (Å²) in [5, 5.41) is 3.72. The van der Waals surface area contributed by atoms with Gasteiger partial charge in [-0.1, -0.05) is 12.1 Å². The number of anilines is 1. The molecule has 5 heteroatoms. The molecule has 120 valence electrons. The number of pyridine rings is 1. The van der Waals surface area contributed by atoms with Gasteiger partial charge in [0.15, 0.2) is 11.5 Å². The number of ether oxygens (including phenoxy) is 2. The van der Waals surface area contributed by atoms with Crippen molar-refractivity contribution in [2.45, 2.75) is 25.4 Å². The first-order valence-electron chi connectivity index (χ1n) is 8.11. The van der Waals surface area contributed by atoms with Gasteiger partial charge in [0.2, 0.25) is 6.79 Å². The van der Waals surface area contributed by atoms with Gasteiger partial charge >= 0.3 is 0 Å². The van der Waals surface area contributed by atoms with Crippen LogP contribution in [0.2, 0.25) is 0 Å². The Balaban J connectivity index is 1.39. The van der Waals surface area contributed by atoms with Crippen LogP contribution in [0, 0.1) is 0 Å². The largest absolute Gasteiger partial charge is 0.454 e. The molecule has 2 atom stereocenters. The minimum absolute atomic E-state index is 0.276. The van der Waals surface area contributed by atoms with Crippen molar-refractivity contribution in [1.82, 2.24) is 10.3 Å². The number of benzene rings is 1. The Morgan fingerprint density at radius 3 is 3.00 bits per heavy atom. The average molecular weight is 311 g/mol. The fraction of sp³-hybridized carbons (Fsp3) is 0.389. The molecule has 5 nitrogen and oxygen atoms in total. The normalized spacial score (nSPS) is 20.7. The molecule has 1 aromatic carbocycles. The predicted molar refractivity (Wildman–Crippen MR) is 89.0 cm³/mol. The molecule has 0 bridgehead atoms. The highest BCUT2D eigenvalue weighted by Gasteiger charge is 2.25. The van der Waals surface area contributed by atoms with Crippen LogP contribution in [0.1, 0.15) is 24.9 Å². The molecule has 0 unspecified atom stereocenters. The summed E-state index contributed by atoms with van der Waals surface area (Å²) in [6.07, 6.45) is 2.98. The molecule has 23 heavy (non-hydrogen) atoms. The summed E-state index contributed by atoms with van der Waals surface area (Å²) in [5.74, 6) is 2.74. The van der Waals surface area contributed by atoms with Crippen LogP contribution in [0.5, 0.6) is 11.5 Å². The lowest BCUT2D eigenvalue weighted by molar-refractivity contribution is 0.174. The SMILES string of the molecule is C[C@@H](N[C@@H]1CCN(c2ccccn2)C1)c1ccc2c(c1)OCO2. The predicted octanol–water partition coefficient (Wildman–Crippen LogP) is 2.74. The van der Waals surface area contributed by atoms with Crippen LogP contribution >= 0.6 is 0 Å². The van der Waals surface area contributed by atoms with E-state index in [2.05, 4.69) is 40.3 Å². The molecule has 1 aromatic heterocycles. The Hall–Kier alpha value is -2.27. The van der Waals surface area contributed by atoms with Crippen molar-refractivity contribution in [3.63, 3.8) is 0 Å². The number of rotatable bonds is 4. The number of hydrogen-bond acceptors (Lipinski definition) is 5. The number of nitrogens with zero attached hydrogens (tertiary/aromatic N) is 2. The van der Waals surface area contributed by atoms with Crippen LogP contribution in [0.4, 0.5) is 5.82 Å². The third kappa shape index (κ3) is 2.97. The van der Waals surface area contributed by atoms with Crippen LogP contribution in [-0.4, -0.2) is 30.9 Å². The second-order valence-corrected chi connectivity index (χ2v) is 6.12. The maximum absolute atomic E-state index is 5.47. The Bertz CT molecular complexity index is 677. The highest BCUT2D eigenvalue weighted by molar-refractivity contribution is 5.45. The quantitative estimate of drug-likeness (QED) is 0.941. The maximum Gasteiger partial charge on any atom is 0.231 e. The third-order valence-electron chi connectivity index (χ3n) is 4.54.